The molecule has 98 valence electrons. The second kappa shape index (κ2) is 4.05. The van der Waals surface area contributed by atoms with Crippen LogP contribution in [0.5, 0.6) is 0 Å². The monoisotopic (exact) mass is 254 g/mol. The first-order chi connectivity index (χ1) is 8.36. The summed E-state index contributed by atoms with van der Waals surface area (Å²) in [6.07, 6.45) is 0. The Bertz CT molecular complexity index is 427. The summed E-state index contributed by atoms with van der Waals surface area (Å²) in [5, 5.41) is 6.75. The van der Waals surface area contributed by atoms with Crippen LogP contribution in [0.15, 0.2) is 0 Å². The van der Waals surface area contributed by atoms with Gasteiger partial charge < -0.3 is 10.2 Å². The molecule has 0 radical (unpaired) electrons. The van der Waals surface area contributed by atoms with Crippen molar-refractivity contribution in [2.45, 2.75) is 13.0 Å². The van der Waals surface area contributed by atoms with Gasteiger partial charge in [-0.3, -0.25) is 25.0 Å². The van der Waals surface area contributed by atoms with Crippen LogP contribution in [-0.4, -0.2) is 54.8 Å². The summed E-state index contributed by atoms with van der Waals surface area (Å²) in [4.78, 5) is 48.0. The Hall–Kier alpha value is -1.96. The molecule has 1 atom stereocenters. The topological polar surface area (TPSA) is 108 Å². The molecule has 0 aliphatic carbocycles. The third-order valence-electron chi connectivity index (χ3n) is 3.25. The molecule has 0 aromatic heterocycles. The van der Waals surface area contributed by atoms with E-state index in [1.165, 1.54) is 6.92 Å². The van der Waals surface area contributed by atoms with Gasteiger partial charge in [-0.2, -0.15) is 0 Å². The highest BCUT2D eigenvalue weighted by Crippen LogP contribution is 2.32. The lowest BCUT2D eigenvalue weighted by molar-refractivity contribution is -0.145. The molecule has 8 nitrogen and oxygen atoms in total. The number of carbonyl (C=O) groups excluding carboxylic acids is 4. The van der Waals surface area contributed by atoms with Crippen LogP contribution in [0.25, 0.3) is 0 Å². The fraction of sp³-hybridized carbons (Fsp3) is 0.600. The second-order valence-electron chi connectivity index (χ2n) is 4.66. The zero-order chi connectivity index (χ0) is 13.5. The van der Waals surface area contributed by atoms with Gasteiger partial charge >= 0.3 is 6.03 Å². The van der Waals surface area contributed by atoms with Crippen molar-refractivity contribution in [2.24, 2.45) is 5.41 Å². The van der Waals surface area contributed by atoms with E-state index in [4.69, 9.17) is 0 Å². The van der Waals surface area contributed by atoms with E-state index in [-0.39, 0.29) is 12.5 Å². The highest BCUT2D eigenvalue weighted by molar-refractivity contribution is 6.20. The Morgan fingerprint density at radius 1 is 1.33 bits per heavy atom. The minimum absolute atomic E-state index is 0.156. The predicted octanol–water partition coefficient (Wildman–Crippen LogP) is -2.21. The number of rotatable bonds is 1. The molecule has 0 aromatic rings. The number of nitrogens with one attached hydrogen (secondary N) is 3. The number of likely N-dealkylation sites (tertiary alicyclic amines) is 1. The first-order valence-corrected chi connectivity index (χ1v) is 5.49. The molecule has 2 fully saturated rings. The van der Waals surface area contributed by atoms with Crippen LogP contribution in [-0.2, 0) is 14.4 Å². The van der Waals surface area contributed by atoms with E-state index in [0.29, 0.717) is 6.54 Å². The zero-order valence-electron chi connectivity index (χ0n) is 10.1. The summed E-state index contributed by atoms with van der Waals surface area (Å²) in [5.74, 6) is -1.66. The van der Waals surface area contributed by atoms with Crippen molar-refractivity contribution in [3.8, 4) is 0 Å². The average molecular weight is 254 g/mol. The molecule has 2 heterocycles. The van der Waals surface area contributed by atoms with Gasteiger partial charge in [0.05, 0.1) is 6.04 Å². The van der Waals surface area contributed by atoms with E-state index in [1.807, 2.05) is 0 Å². The number of carbonyl (C=O) groups is 4. The molecule has 1 spiro atoms. The smallest absolute Gasteiger partial charge is 0.328 e. The lowest BCUT2D eigenvalue weighted by Gasteiger charge is -2.34. The van der Waals surface area contributed by atoms with Gasteiger partial charge in [0.1, 0.15) is 0 Å². The molecule has 8 heteroatoms. The first kappa shape index (κ1) is 12.5. The molecule has 0 bridgehead atoms. The summed E-state index contributed by atoms with van der Waals surface area (Å²) in [7, 11) is 1.74. The number of nitrogens with zero attached hydrogens (tertiary/aromatic N) is 1. The minimum Gasteiger partial charge on any atom is -0.351 e. The predicted molar refractivity (Wildman–Crippen MR) is 59.2 cm³/mol. The number of amides is 5. The van der Waals surface area contributed by atoms with Crippen molar-refractivity contribution in [1.29, 1.82) is 0 Å². The van der Waals surface area contributed by atoms with Crippen LogP contribution in [0.4, 0.5) is 4.79 Å². The van der Waals surface area contributed by atoms with Crippen LogP contribution in [0.1, 0.15) is 6.92 Å². The summed E-state index contributed by atoms with van der Waals surface area (Å²) in [5.41, 5.74) is -1.44. The molecule has 5 amide bonds. The van der Waals surface area contributed by atoms with Crippen LogP contribution >= 0.6 is 0 Å². The largest absolute Gasteiger partial charge is 0.351 e. The van der Waals surface area contributed by atoms with Crippen molar-refractivity contribution < 1.29 is 19.2 Å². The molecule has 0 aromatic carbocycles. The molecule has 2 aliphatic rings. The summed E-state index contributed by atoms with van der Waals surface area (Å²) < 4.78 is 0. The molecule has 2 rings (SSSR count). The lowest BCUT2D eigenvalue weighted by Crippen LogP contribution is -2.68. The number of hydrogen-bond donors (Lipinski definition) is 3. The van der Waals surface area contributed by atoms with Gasteiger partial charge in [0.25, 0.3) is 0 Å². The maximum Gasteiger partial charge on any atom is 0.328 e. The molecular weight excluding hydrogens is 240 g/mol. The first-order valence-electron chi connectivity index (χ1n) is 5.49. The SMILES string of the molecule is CC(=O)NC1CN(C)CC12C(=O)NC(=O)NC2=O. The normalized spacial score (nSPS) is 27.0. The van der Waals surface area contributed by atoms with E-state index in [1.54, 1.807) is 11.9 Å². The van der Waals surface area contributed by atoms with E-state index in [2.05, 4.69) is 16.0 Å². The van der Waals surface area contributed by atoms with Crippen molar-refractivity contribution in [3.63, 3.8) is 0 Å². The summed E-state index contributed by atoms with van der Waals surface area (Å²) >= 11 is 0. The molecule has 2 aliphatic heterocycles. The standard InChI is InChI=1S/C10H14N4O4/c1-5(15)11-6-3-14(2)4-10(6)7(16)12-9(18)13-8(10)17/h6H,3-4H2,1-2H3,(H,11,15)(H2,12,13,16,17,18). The maximum absolute atomic E-state index is 12.0. The number of imide groups is 2. The Labute approximate surface area is 103 Å². The minimum atomic E-state index is -1.44. The molecule has 2 saturated heterocycles. The van der Waals surface area contributed by atoms with Gasteiger partial charge in [-0.05, 0) is 7.05 Å². The summed E-state index contributed by atoms with van der Waals surface area (Å²) in [6.45, 7) is 1.84. The number of hydrogen-bond acceptors (Lipinski definition) is 5. The Kier molecular flexibility index (Phi) is 2.81. The molecule has 3 N–H and O–H groups in total. The van der Waals surface area contributed by atoms with E-state index < -0.39 is 29.3 Å². The molecular formula is C10H14N4O4. The van der Waals surface area contributed by atoms with Crippen molar-refractivity contribution in [3.05, 3.63) is 0 Å². The Morgan fingerprint density at radius 3 is 2.39 bits per heavy atom. The van der Waals surface area contributed by atoms with Crippen LogP contribution in [0, 0.1) is 5.41 Å². The van der Waals surface area contributed by atoms with Gasteiger partial charge in [-0.25, -0.2) is 4.79 Å². The van der Waals surface area contributed by atoms with Gasteiger partial charge in [0, 0.05) is 20.0 Å². The van der Waals surface area contributed by atoms with E-state index >= 15 is 0 Å². The lowest BCUT2D eigenvalue weighted by atomic mass is 9.79. The number of barbiturate groups is 1. The highest BCUT2D eigenvalue weighted by atomic mass is 16.2. The third-order valence-corrected chi connectivity index (χ3v) is 3.25. The Morgan fingerprint density at radius 2 is 1.89 bits per heavy atom. The number of likely N-dealkylation sites (N-methyl/N-ethyl adjacent to an activating group) is 1. The van der Waals surface area contributed by atoms with E-state index in [9.17, 15) is 19.2 Å². The molecule has 1 unspecified atom stereocenters. The maximum atomic E-state index is 12.0. The zero-order valence-corrected chi connectivity index (χ0v) is 10.1. The van der Waals surface area contributed by atoms with E-state index in [0.717, 1.165) is 0 Å². The average Bonchev–Trinajstić information content (AvgIpc) is 2.52. The molecule has 18 heavy (non-hydrogen) atoms. The van der Waals surface area contributed by atoms with Crippen molar-refractivity contribution in [1.82, 2.24) is 20.9 Å². The van der Waals surface area contributed by atoms with Crippen LogP contribution in [0.2, 0.25) is 0 Å². The number of urea groups is 1. The quantitative estimate of drug-likeness (QED) is 0.460. The van der Waals surface area contributed by atoms with Gasteiger partial charge in [0.15, 0.2) is 5.41 Å². The van der Waals surface area contributed by atoms with Gasteiger partial charge in [-0.15, -0.1) is 0 Å². The third kappa shape index (κ3) is 1.74. The van der Waals surface area contributed by atoms with Crippen molar-refractivity contribution >= 4 is 23.8 Å². The fourth-order valence-corrected chi connectivity index (χ4v) is 2.51. The molecule has 0 saturated carbocycles. The fourth-order valence-electron chi connectivity index (χ4n) is 2.51. The van der Waals surface area contributed by atoms with Gasteiger partial charge in [-0.1, -0.05) is 0 Å². The highest BCUT2D eigenvalue weighted by Gasteiger charge is 2.60. The van der Waals surface area contributed by atoms with Gasteiger partial charge in [0.2, 0.25) is 17.7 Å². The second-order valence-corrected chi connectivity index (χ2v) is 4.66. The summed E-state index contributed by atoms with van der Waals surface area (Å²) in [6, 6.07) is -1.47. The van der Waals surface area contributed by atoms with Crippen LogP contribution in [0.3, 0.4) is 0 Å². The Balaban J connectivity index is 2.36. The van der Waals surface area contributed by atoms with Crippen molar-refractivity contribution in [2.75, 3.05) is 20.1 Å². The van der Waals surface area contributed by atoms with Crippen LogP contribution < -0.4 is 16.0 Å².